The molecular weight excluding hydrogens is 435 g/mol. The maximum absolute atomic E-state index is 13.4. The van der Waals surface area contributed by atoms with Crippen LogP contribution < -0.4 is 0 Å². The van der Waals surface area contributed by atoms with Gasteiger partial charge in [-0.25, -0.2) is 4.39 Å². The van der Waals surface area contributed by atoms with E-state index >= 15 is 0 Å². The minimum atomic E-state index is -0.321. The van der Waals surface area contributed by atoms with Gasteiger partial charge in [-0.05, 0) is 48.7 Å². The van der Waals surface area contributed by atoms with E-state index in [0.29, 0.717) is 38.2 Å². The van der Waals surface area contributed by atoms with Crippen LogP contribution in [-0.2, 0) is 14.3 Å². The number of halogens is 1. The number of benzene rings is 2. The molecule has 3 fully saturated rings. The van der Waals surface area contributed by atoms with Crippen molar-refractivity contribution >= 4 is 11.8 Å². The summed E-state index contributed by atoms with van der Waals surface area (Å²) in [6.45, 7) is 1.59. The molecule has 5 rings (SSSR count). The van der Waals surface area contributed by atoms with Crippen LogP contribution in [0.3, 0.4) is 0 Å². The fourth-order valence-electron chi connectivity index (χ4n) is 5.37. The molecule has 1 unspecified atom stereocenters. The van der Waals surface area contributed by atoms with Gasteiger partial charge in [-0.15, -0.1) is 0 Å². The summed E-state index contributed by atoms with van der Waals surface area (Å²) >= 11 is 0. The standard InChI is InChI=1S/C27H27FN2O4/c28-22-3-1-2-19(14-22)5-4-18-6-8-20(9-7-18)26-23-15-29(16-25(32)30(23)24(26)17-31)27(33)21-10-12-34-13-11-21/h1-3,6-9,14,21,23-24,26,31H,10-13,15-17H2/t23-,24-,26?/m1/s1. The van der Waals surface area contributed by atoms with Crippen LogP contribution in [0.15, 0.2) is 48.5 Å². The number of piperazine rings is 1. The summed E-state index contributed by atoms with van der Waals surface area (Å²) in [4.78, 5) is 29.3. The number of carbonyl (C=O) groups is 2. The lowest BCUT2D eigenvalue weighted by Crippen LogP contribution is -2.73. The Morgan fingerprint density at radius 2 is 1.82 bits per heavy atom. The van der Waals surface area contributed by atoms with E-state index in [-0.39, 0.29) is 54.7 Å². The lowest BCUT2D eigenvalue weighted by atomic mass is 9.73. The predicted octanol–water partition coefficient (Wildman–Crippen LogP) is 2.15. The molecule has 3 aliphatic rings. The Morgan fingerprint density at radius 1 is 1.09 bits per heavy atom. The Balaban J connectivity index is 1.32. The van der Waals surface area contributed by atoms with Crippen LogP contribution in [0, 0.1) is 23.6 Å². The summed E-state index contributed by atoms with van der Waals surface area (Å²) in [6, 6.07) is 13.4. The summed E-state index contributed by atoms with van der Waals surface area (Å²) in [5.41, 5.74) is 2.40. The van der Waals surface area contributed by atoms with Crippen molar-refractivity contribution in [2.24, 2.45) is 5.92 Å². The van der Waals surface area contributed by atoms with Crippen LogP contribution in [0.1, 0.15) is 35.4 Å². The molecule has 6 nitrogen and oxygen atoms in total. The van der Waals surface area contributed by atoms with Crippen LogP contribution in [0.25, 0.3) is 0 Å². The fraction of sp³-hybridized carbons (Fsp3) is 0.407. The number of rotatable bonds is 3. The van der Waals surface area contributed by atoms with Gasteiger partial charge in [0, 0.05) is 42.7 Å². The normalized spacial score (nSPS) is 24.6. The van der Waals surface area contributed by atoms with Gasteiger partial charge < -0.3 is 19.6 Å². The smallest absolute Gasteiger partial charge is 0.242 e. The van der Waals surface area contributed by atoms with Gasteiger partial charge in [-0.1, -0.05) is 30.0 Å². The Morgan fingerprint density at radius 3 is 2.53 bits per heavy atom. The number of aliphatic hydroxyl groups is 1. The molecule has 176 valence electrons. The minimum absolute atomic E-state index is 0.0328. The number of nitrogens with zero attached hydrogens (tertiary/aromatic N) is 2. The lowest BCUT2D eigenvalue weighted by Gasteiger charge is -2.59. The Bertz CT molecular complexity index is 1130. The van der Waals surface area contributed by atoms with Gasteiger partial charge in [0.15, 0.2) is 0 Å². The van der Waals surface area contributed by atoms with Gasteiger partial charge in [0.05, 0.1) is 25.2 Å². The number of carbonyl (C=O) groups excluding carboxylic acids is 2. The van der Waals surface area contributed by atoms with E-state index in [4.69, 9.17) is 4.74 Å². The van der Waals surface area contributed by atoms with Crippen molar-refractivity contribution in [3.63, 3.8) is 0 Å². The number of ether oxygens (including phenoxy) is 1. The highest BCUT2D eigenvalue weighted by Gasteiger charge is 2.54. The van der Waals surface area contributed by atoms with Gasteiger partial charge in [0.1, 0.15) is 5.82 Å². The van der Waals surface area contributed by atoms with E-state index in [9.17, 15) is 19.1 Å². The molecule has 3 saturated heterocycles. The van der Waals surface area contributed by atoms with Crippen molar-refractivity contribution in [2.45, 2.75) is 30.8 Å². The van der Waals surface area contributed by atoms with Gasteiger partial charge in [0.2, 0.25) is 11.8 Å². The average Bonchev–Trinajstić information content (AvgIpc) is 2.85. The molecule has 0 saturated carbocycles. The summed E-state index contributed by atoms with van der Waals surface area (Å²) in [5.74, 6) is 5.47. The highest BCUT2D eigenvalue weighted by atomic mass is 19.1. The molecule has 3 aliphatic heterocycles. The lowest BCUT2D eigenvalue weighted by molar-refractivity contribution is -0.169. The van der Waals surface area contributed by atoms with Crippen molar-refractivity contribution in [3.8, 4) is 11.8 Å². The van der Waals surface area contributed by atoms with Crippen molar-refractivity contribution in [2.75, 3.05) is 32.9 Å². The van der Waals surface area contributed by atoms with Gasteiger partial charge >= 0.3 is 0 Å². The van der Waals surface area contributed by atoms with E-state index < -0.39 is 0 Å². The first-order valence-corrected chi connectivity index (χ1v) is 11.7. The van der Waals surface area contributed by atoms with E-state index in [2.05, 4.69) is 11.8 Å². The molecule has 1 N–H and O–H groups in total. The van der Waals surface area contributed by atoms with Crippen LogP contribution in [0.4, 0.5) is 4.39 Å². The SMILES string of the molecule is O=C(C1CCOCC1)N1CC(=O)N2[C@H](CO)C(c3ccc(C#Cc4cccc(F)c4)cc3)[C@H]2C1. The number of amides is 2. The quantitative estimate of drug-likeness (QED) is 0.710. The Kier molecular flexibility index (Phi) is 6.36. The second-order valence-corrected chi connectivity index (χ2v) is 9.13. The number of hydrogen-bond acceptors (Lipinski definition) is 4. The first kappa shape index (κ1) is 22.6. The molecule has 0 spiro atoms. The zero-order valence-corrected chi connectivity index (χ0v) is 18.8. The van der Waals surface area contributed by atoms with Crippen LogP contribution in [0.5, 0.6) is 0 Å². The second kappa shape index (κ2) is 9.57. The van der Waals surface area contributed by atoms with E-state index in [1.54, 1.807) is 21.9 Å². The summed E-state index contributed by atoms with van der Waals surface area (Å²) in [5, 5.41) is 10.00. The van der Waals surface area contributed by atoms with Crippen molar-refractivity contribution in [3.05, 3.63) is 71.0 Å². The molecule has 3 atom stereocenters. The van der Waals surface area contributed by atoms with Gasteiger partial charge in [-0.3, -0.25) is 9.59 Å². The molecule has 34 heavy (non-hydrogen) atoms. The topological polar surface area (TPSA) is 70.1 Å². The third-order valence-electron chi connectivity index (χ3n) is 7.11. The zero-order valence-electron chi connectivity index (χ0n) is 18.8. The van der Waals surface area contributed by atoms with Crippen molar-refractivity contribution in [1.29, 1.82) is 0 Å². The second-order valence-electron chi connectivity index (χ2n) is 9.13. The third-order valence-corrected chi connectivity index (χ3v) is 7.11. The number of aliphatic hydroxyl groups excluding tert-OH is 1. The van der Waals surface area contributed by atoms with Crippen LogP contribution in [0.2, 0.25) is 0 Å². The molecule has 7 heteroatoms. The van der Waals surface area contributed by atoms with Gasteiger partial charge in [0.25, 0.3) is 0 Å². The fourth-order valence-corrected chi connectivity index (χ4v) is 5.37. The molecule has 2 aromatic carbocycles. The third kappa shape index (κ3) is 4.31. The highest BCUT2D eigenvalue weighted by molar-refractivity contribution is 5.88. The van der Waals surface area contributed by atoms with E-state index in [1.165, 1.54) is 12.1 Å². The molecule has 0 aliphatic carbocycles. The molecular formula is C27H27FN2O4. The van der Waals surface area contributed by atoms with Crippen LogP contribution in [-0.4, -0.2) is 71.7 Å². The summed E-state index contributed by atoms with van der Waals surface area (Å²) < 4.78 is 18.7. The monoisotopic (exact) mass is 462 g/mol. The molecule has 2 amide bonds. The summed E-state index contributed by atoms with van der Waals surface area (Å²) in [6.07, 6.45) is 1.39. The number of hydrogen-bond donors (Lipinski definition) is 1. The first-order chi connectivity index (χ1) is 16.5. The highest BCUT2D eigenvalue weighted by Crippen LogP contribution is 2.43. The van der Waals surface area contributed by atoms with Crippen molar-refractivity contribution in [1.82, 2.24) is 9.80 Å². The van der Waals surface area contributed by atoms with Crippen LogP contribution >= 0.6 is 0 Å². The maximum Gasteiger partial charge on any atom is 0.242 e. The maximum atomic E-state index is 13.4. The Hall–Kier alpha value is -3.21. The minimum Gasteiger partial charge on any atom is -0.394 e. The van der Waals surface area contributed by atoms with Crippen molar-refractivity contribution < 1.29 is 23.8 Å². The Labute approximate surface area is 198 Å². The predicted molar refractivity (Wildman–Crippen MR) is 123 cm³/mol. The first-order valence-electron chi connectivity index (χ1n) is 11.7. The molecule has 3 heterocycles. The van der Waals surface area contributed by atoms with E-state index in [0.717, 1.165) is 11.1 Å². The zero-order chi connectivity index (χ0) is 23.7. The van der Waals surface area contributed by atoms with Gasteiger partial charge in [-0.2, -0.15) is 0 Å². The molecule has 2 aromatic rings. The largest absolute Gasteiger partial charge is 0.394 e. The summed E-state index contributed by atoms with van der Waals surface area (Å²) in [7, 11) is 0. The molecule has 0 bridgehead atoms. The molecule has 0 radical (unpaired) electrons. The average molecular weight is 463 g/mol. The molecule has 0 aromatic heterocycles. The number of fused-ring (bicyclic) bond motifs is 1. The van der Waals surface area contributed by atoms with E-state index in [1.807, 2.05) is 24.3 Å².